The lowest BCUT2D eigenvalue weighted by Crippen LogP contribution is -2.29. The Morgan fingerprint density at radius 2 is 2.17 bits per heavy atom. The van der Waals surface area contributed by atoms with Gasteiger partial charge in [-0.2, -0.15) is 0 Å². The molecule has 0 saturated carbocycles. The molecule has 2 N–H and O–H groups in total. The Kier molecular flexibility index (Phi) is 2.74. The summed E-state index contributed by atoms with van der Waals surface area (Å²) >= 11 is 0. The van der Waals surface area contributed by atoms with Crippen LogP contribution in [0, 0.1) is 5.41 Å². The average molecular weight is 246 g/mol. The van der Waals surface area contributed by atoms with Gasteiger partial charge in [0.2, 0.25) is 0 Å². The first-order chi connectivity index (χ1) is 8.70. The van der Waals surface area contributed by atoms with Crippen LogP contribution >= 0.6 is 0 Å². The Bertz CT molecular complexity index is 467. The van der Waals surface area contributed by atoms with Crippen molar-refractivity contribution < 1.29 is 9.90 Å². The van der Waals surface area contributed by atoms with Crippen LogP contribution in [0.5, 0.6) is 0 Å². The molecular weight excluding hydrogens is 228 g/mol. The van der Waals surface area contributed by atoms with Gasteiger partial charge >= 0.3 is 5.97 Å². The minimum Gasteiger partial charge on any atom is -0.478 e. The van der Waals surface area contributed by atoms with Crippen LogP contribution in [0.1, 0.15) is 23.2 Å². The molecule has 18 heavy (non-hydrogen) atoms. The molecule has 0 aliphatic carbocycles. The van der Waals surface area contributed by atoms with Gasteiger partial charge in [-0.15, -0.1) is 0 Å². The smallest absolute Gasteiger partial charge is 0.337 e. The summed E-state index contributed by atoms with van der Waals surface area (Å²) in [4.78, 5) is 13.5. The SMILES string of the molecule is O=C(O)c1ccccc1N1CCC2(CCNC2)C1. The third-order valence-corrected chi connectivity index (χ3v) is 4.25. The molecule has 4 heteroatoms. The van der Waals surface area contributed by atoms with Gasteiger partial charge in [0, 0.05) is 25.0 Å². The molecule has 2 fully saturated rings. The summed E-state index contributed by atoms with van der Waals surface area (Å²) < 4.78 is 0. The molecule has 2 heterocycles. The van der Waals surface area contributed by atoms with Crippen molar-refractivity contribution in [3.63, 3.8) is 0 Å². The van der Waals surface area contributed by atoms with Crippen molar-refractivity contribution in [3.05, 3.63) is 29.8 Å². The van der Waals surface area contributed by atoms with Crippen molar-refractivity contribution in [2.24, 2.45) is 5.41 Å². The summed E-state index contributed by atoms with van der Waals surface area (Å²) in [6.07, 6.45) is 2.37. The molecule has 0 amide bonds. The molecular formula is C14H18N2O2. The Hall–Kier alpha value is -1.55. The van der Waals surface area contributed by atoms with Gasteiger partial charge < -0.3 is 15.3 Å². The summed E-state index contributed by atoms with van der Waals surface area (Å²) in [6, 6.07) is 7.32. The molecule has 0 radical (unpaired) electrons. The van der Waals surface area contributed by atoms with Crippen molar-refractivity contribution in [2.75, 3.05) is 31.1 Å². The van der Waals surface area contributed by atoms with Crippen LogP contribution < -0.4 is 10.2 Å². The minimum absolute atomic E-state index is 0.367. The second-order valence-electron chi connectivity index (χ2n) is 5.42. The van der Waals surface area contributed by atoms with E-state index in [9.17, 15) is 9.90 Å². The zero-order chi connectivity index (χ0) is 12.6. The zero-order valence-electron chi connectivity index (χ0n) is 10.4. The number of carboxylic acid groups (broad SMARTS) is 1. The maximum absolute atomic E-state index is 11.3. The Labute approximate surface area is 107 Å². The fourth-order valence-electron chi connectivity index (χ4n) is 3.21. The highest BCUT2D eigenvalue weighted by Crippen LogP contribution is 2.38. The van der Waals surface area contributed by atoms with E-state index in [2.05, 4.69) is 10.2 Å². The topological polar surface area (TPSA) is 52.6 Å². The van der Waals surface area contributed by atoms with Gasteiger partial charge in [0.15, 0.2) is 0 Å². The van der Waals surface area contributed by atoms with E-state index in [1.165, 1.54) is 6.42 Å². The number of hydrogen-bond donors (Lipinski definition) is 2. The highest BCUT2D eigenvalue weighted by Gasteiger charge is 2.40. The third-order valence-electron chi connectivity index (χ3n) is 4.25. The van der Waals surface area contributed by atoms with Gasteiger partial charge in [0.25, 0.3) is 0 Å². The number of carbonyl (C=O) groups is 1. The fraction of sp³-hybridized carbons (Fsp3) is 0.500. The van der Waals surface area contributed by atoms with Crippen LogP contribution in [0.2, 0.25) is 0 Å². The van der Waals surface area contributed by atoms with E-state index >= 15 is 0 Å². The first-order valence-corrected chi connectivity index (χ1v) is 6.48. The quantitative estimate of drug-likeness (QED) is 0.831. The molecule has 96 valence electrons. The number of carboxylic acids is 1. The van der Waals surface area contributed by atoms with E-state index in [0.29, 0.717) is 11.0 Å². The van der Waals surface area contributed by atoms with E-state index in [1.54, 1.807) is 12.1 Å². The maximum Gasteiger partial charge on any atom is 0.337 e. The first kappa shape index (κ1) is 11.5. The molecule has 1 atom stereocenters. The van der Waals surface area contributed by atoms with Crippen LogP contribution in [0.4, 0.5) is 5.69 Å². The number of nitrogens with one attached hydrogen (secondary N) is 1. The summed E-state index contributed by atoms with van der Waals surface area (Å²) in [7, 11) is 0. The molecule has 4 nitrogen and oxygen atoms in total. The van der Waals surface area contributed by atoms with Crippen molar-refractivity contribution in [1.29, 1.82) is 0 Å². The Morgan fingerprint density at radius 1 is 1.33 bits per heavy atom. The molecule has 0 bridgehead atoms. The van der Waals surface area contributed by atoms with E-state index < -0.39 is 5.97 Å². The van der Waals surface area contributed by atoms with E-state index in [1.807, 2.05) is 12.1 Å². The highest BCUT2D eigenvalue weighted by atomic mass is 16.4. The van der Waals surface area contributed by atoms with Crippen LogP contribution in [-0.2, 0) is 0 Å². The van der Waals surface area contributed by atoms with Crippen molar-refractivity contribution in [2.45, 2.75) is 12.8 Å². The molecule has 1 aromatic carbocycles. The number of benzene rings is 1. The molecule has 3 rings (SSSR count). The van der Waals surface area contributed by atoms with Crippen LogP contribution in [0.15, 0.2) is 24.3 Å². The number of rotatable bonds is 2. The maximum atomic E-state index is 11.3. The van der Waals surface area contributed by atoms with Gasteiger partial charge in [0.1, 0.15) is 0 Å². The Morgan fingerprint density at radius 3 is 2.89 bits per heavy atom. The predicted octanol–water partition coefficient (Wildman–Crippen LogP) is 1.57. The van der Waals surface area contributed by atoms with Gasteiger partial charge in [0.05, 0.1) is 11.3 Å². The summed E-state index contributed by atoms with van der Waals surface area (Å²) in [6.45, 7) is 4.10. The molecule has 1 aromatic rings. The van der Waals surface area contributed by atoms with Gasteiger partial charge in [-0.25, -0.2) is 4.79 Å². The third kappa shape index (κ3) is 1.86. The monoisotopic (exact) mass is 246 g/mol. The van der Waals surface area contributed by atoms with Crippen LogP contribution in [-0.4, -0.2) is 37.3 Å². The zero-order valence-corrected chi connectivity index (χ0v) is 10.4. The second kappa shape index (κ2) is 4.28. The van der Waals surface area contributed by atoms with E-state index in [4.69, 9.17) is 0 Å². The summed E-state index contributed by atoms with van der Waals surface area (Å²) in [5, 5.41) is 12.7. The van der Waals surface area contributed by atoms with Crippen LogP contribution in [0.25, 0.3) is 0 Å². The summed E-state index contributed by atoms with van der Waals surface area (Å²) in [5.41, 5.74) is 1.65. The molecule has 0 aromatic heterocycles. The molecule has 1 unspecified atom stereocenters. The molecule has 2 saturated heterocycles. The lowest BCUT2D eigenvalue weighted by atomic mass is 9.86. The standard InChI is InChI=1S/C14H18N2O2/c17-13(18)11-3-1-2-4-12(11)16-8-6-14(10-16)5-7-15-9-14/h1-4,15H,5-10H2,(H,17,18). The fourth-order valence-corrected chi connectivity index (χ4v) is 3.21. The highest BCUT2D eigenvalue weighted by molar-refractivity contribution is 5.94. The van der Waals surface area contributed by atoms with Crippen molar-refractivity contribution >= 4 is 11.7 Å². The predicted molar refractivity (Wildman–Crippen MR) is 70.2 cm³/mol. The number of para-hydroxylation sites is 1. The van der Waals surface area contributed by atoms with Crippen molar-refractivity contribution in [3.8, 4) is 0 Å². The van der Waals surface area contributed by atoms with E-state index in [-0.39, 0.29) is 0 Å². The average Bonchev–Trinajstić information content (AvgIpc) is 3.00. The number of anilines is 1. The minimum atomic E-state index is -0.837. The number of hydrogen-bond acceptors (Lipinski definition) is 3. The summed E-state index contributed by atoms with van der Waals surface area (Å²) in [5.74, 6) is -0.837. The lowest BCUT2D eigenvalue weighted by molar-refractivity contribution is 0.0697. The lowest BCUT2D eigenvalue weighted by Gasteiger charge is -2.25. The van der Waals surface area contributed by atoms with E-state index in [0.717, 1.165) is 38.3 Å². The van der Waals surface area contributed by atoms with Crippen LogP contribution in [0.3, 0.4) is 0 Å². The van der Waals surface area contributed by atoms with Gasteiger partial charge in [-0.3, -0.25) is 0 Å². The second-order valence-corrected chi connectivity index (χ2v) is 5.42. The van der Waals surface area contributed by atoms with Gasteiger partial charge in [-0.1, -0.05) is 12.1 Å². The first-order valence-electron chi connectivity index (χ1n) is 6.48. The molecule has 2 aliphatic rings. The number of aromatic carboxylic acids is 1. The van der Waals surface area contributed by atoms with Gasteiger partial charge in [-0.05, 0) is 31.5 Å². The molecule has 1 spiro atoms. The Balaban J connectivity index is 1.86. The van der Waals surface area contributed by atoms with Crippen molar-refractivity contribution in [1.82, 2.24) is 5.32 Å². The molecule has 2 aliphatic heterocycles. The largest absolute Gasteiger partial charge is 0.478 e. The number of nitrogens with zero attached hydrogens (tertiary/aromatic N) is 1. The normalized spacial score (nSPS) is 27.0.